The predicted molar refractivity (Wildman–Crippen MR) is 53.4 cm³/mol. The second-order valence-electron chi connectivity index (χ2n) is 4.41. The Morgan fingerprint density at radius 3 is 2.67 bits per heavy atom. The summed E-state index contributed by atoms with van der Waals surface area (Å²) in [4.78, 5) is 22.3. The van der Waals surface area contributed by atoms with Gasteiger partial charge in [-0.25, -0.2) is 0 Å². The molecule has 0 unspecified atom stereocenters. The molecule has 1 aliphatic heterocycles. The lowest BCUT2D eigenvalue weighted by atomic mass is 9.94. The van der Waals surface area contributed by atoms with E-state index in [9.17, 15) is 9.59 Å². The van der Waals surface area contributed by atoms with Crippen LogP contribution in [0.3, 0.4) is 0 Å². The third kappa shape index (κ3) is 3.20. The number of amides is 1. The zero-order valence-electron chi connectivity index (χ0n) is 9.08. The molecule has 1 saturated heterocycles. The van der Waals surface area contributed by atoms with E-state index in [1.807, 2.05) is 0 Å². The molecule has 0 aromatic heterocycles. The monoisotopic (exact) mass is 215 g/mol. The Balaban J connectivity index is 2.36. The zero-order valence-corrected chi connectivity index (χ0v) is 9.08. The first-order valence-corrected chi connectivity index (χ1v) is 5.06. The molecule has 0 spiro atoms. The fourth-order valence-corrected chi connectivity index (χ4v) is 1.28. The van der Waals surface area contributed by atoms with Gasteiger partial charge in [0.05, 0.1) is 5.41 Å². The van der Waals surface area contributed by atoms with Gasteiger partial charge in [0.15, 0.2) is 0 Å². The van der Waals surface area contributed by atoms with Gasteiger partial charge >= 0.3 is 5.97 Å². The highest BCUT2D eigenvalue weighted by Crippen LogP contribution is 2.15. The van der Waals surface area contributed by atoms with Gasteiger partial charge in [0.25, 0.3) is 0 Å². The topological polar surface area (TPSA) is 75.6 Å². The highest BCUT2D eigenvalue weighted by Gasteiger charge is 2.30. The van der Waals surface area contributed by atoms with Crippen molar-refractivity contribution in [2.24, 2.45) is 5.41 Å². The molecule has 5 nitrogen and oxygen atoms in total. The fourth-order valence-electron chi connectivity index (χ4n) is 1.28. The van der Waals surface area contributed by atoms with Crippen molar-refractivity contribution in [1.82, 2.24) is 5.32 Å². The van der Waals surface area contributed by atoms with Gasteiger partial charge in [-0.2, -0.15) is 0 Å². The lowest BCUT2D eigenvalue weighted by molar-refractivity contribution is -0.147. The normalized spacial score (nSPS) is 21.3. The standard InChI is InChI=1S/C10H17NO4/c1-10(2,9(13)14)6-11-8(12)7-4-3-5-15-7/h7H,3-6H2,1-2H3,(H,11,12)(H,13,14)/t7-/m1/s1. The summed E-state index contributed by atoms with van der Waals surface area (Å²) in [6.07, 6.45) is 1.22. The van der Waals surface area contributed by atoms with Gasteiger partial charge in [-0.3, -0.25) is 9.59 Å². The van der Waals surface area contributed by atoms with Crippen LogP contribution < -0.4 is 5.32 Å². The molecule has 0 saturated carbocycles. The summed E-state index contributed by atoms with van der Waals surface area (Å²) < 4.78 is 5.18. The average Bonchev–Trinajstić information content (AvgIpc) is 2.66. The number of carboxylic acids is 1. The summed E-state index contributed by atoms with van der Waals surface area (Å²) in [5.74, 6) is -1.13. The quantitative estimate of drug-likeness (QED) is 0.711. The molecule has 0 bridgehead atoms. The van der Waals surface area contributed by atoms with Crippen LogP contribution in [0, 0.1) is 5.41 Å². The lowest BCUT2D eigenvalue weighted by Gasteiger charge is -2.20. The van der Waals surface area contributed by atoms with Crippen molar-refractivity contribution < 1.29 is 19.4 Å². The number of carbonyl (C=O) groups is 2. The molecule has 0 aromatic rings. The van der Waals surface area contributed by atoms with Crippen LogP contribution in [-0.2, 0) is 14.3 Å². The smallest absolute Gasteiger partial charge is 0.310 e. The van der Waals surface area contributed by atoms with Crippen molar-refractivity contribution in [2.75, 3.05) is 13.2 Å². The Morgan fingerprint density at radius 2 is 2.20 bits per heavy atom. The number of nitrogens with one attached hydrogen (secondary N) is 1. The Bertz CT molecular complexity index is 256. The van der Waals surface area contributed by atoms with Crippen molar-refractivity contribution in [3.05, 3.63) is 0 Å². The molecular weight excluding hydrogens is 198 g/mol. The molecule has 86 valence electrons. The fraction of sp³-hybridized carbons (Fsp3) is 0.800. The van der Waals surface area contributed by atoms with Gasteiger partial charge in [0.2, 0.25) is 5.91 Å². The highest BCUT2D eigenvalue weighted by atomic mass is 16.5. The third-order valence-electron chi connectivity index (χ3n) is 2.51. The maximum absolute atomic E-state index is 11.5. The first kappa shape index (κ1) is 12.0. The zero-order chi connectivity index (χ0) is 11.5. The number of hydrogen-bond acceptors (Lipinski definition) is 3. The molecule has 5 heteroatoms. The molecule has 1 aliphatic rings. The molecule has 0 radical (unpaired) electrons. The van der Waals surface area contributed by atoms with Gasteiger partial charge in [-0.1, -0.05) is 0 Å². The molecule has 2 N–H and O–H groups in total. The van der Waals surface area contributed by atoms with E-state index in [1.54, 1.807) is 13.8 Å². The van der Waals surface area contributed by atoms with Crippen molar-refractivity contribution in [1.29, 1.82) is 0 Å². The van der Waals surface area contributed by atoms with Crippen molar-refractivity contribution >= 4 is 11.9 Å². The summed E-state index contributed by atoms with van der Waals surface area (Å²) in [7, 11) is 0. The maximum atomic E-state index is 11.5. The summed E-state index contributed by atoms with van der Waals surface area (Å²) in [5, 5.41) is 11.4. The third-order valence-corrected chi connectivity index (χ3v) is 2.51. The Kier molecular flexibility index (Phi) is 3.68. The molecule has 0 aliphatic carbocycles. The van der Waals surface area contributed by atoms with E-state index >= 15 is 0 Å². The molecule has 15 heavy (non-hydrogen) atoms. The van der Waals surface area contributed by atoms with E-state index in [0.29, 0.717) is 6.61 Å². The summed E-state index contributed by atoms with van der Waals surface area (Å²) in [6, 6.07) is 0. The van der Waals surface area contributed by atoms with Gasteiger partial charge in [-0.05, 0) is 26.7 Å². The van der Waals surface area contributed by atoms with Gasteiger partial charge < -0.3 is 15.2 Å². The minimum atomic E-state index is -0.936. The second-order valence-corrected chi connectivity index (χ2v) is 4.41. The van der Waals surface area contributed by atoms with Crippen LogP contribution in [0.5, 0.6) is 0 Å². The summed E-state index contributed by atoms with van der Waals surface area (Å²) in [6.45, 7) is 3.89. The molecule has 1 atom stereocenters. The van der Waals surface area contributed by atoms with Crippen LogP contribution in [0.4, 0.5) is 0 Å². The van der Waals surface area contributed by atoms with Crippen molar-refractivity contribution in [2.45, 2.75) is 32.8 Å². The number of carbonyl (C=O) groups excluding carboxylic acids is 1. The Hall–Kier alpha value is -1.10. The molecule has 1 fully saturated rings. The van der Waals surface area contributed by atoms with Crippen LogP contribution >= 0.6 is 0 Å². The SMILES string of the molecule is CC(C)(CNC(=O)[C@H]1CCCO1)C(=O)O. The minimum absolute atomic E-state index is 0.126. The molecular formula is C10H17NO4. The Labute approximate surface area is 88.8 Å². The van der Waals surface area contributed by atoms with Crippen LogP contribution in [0.25, 0.3) is 0 Å². The number of hydrogen-bond donors (Lipinski definition) is 2. The minimum Gasteiger partial charge on any atom is -0.481 e. The lowest BCUT2D eigenvalue weighted by Crippen LogP contribution is -2.42. The average molecular weight is 215 g/mol. The molecule has 1 heterocycles. The number of ether oxygens (including phenoxy) is 1. The van der Waals surface area contributed by atoms with E-state index in [-0.39, 0.29) is 12.5 Å². The molecule has 1 rings (SSSR count). The first-order valence-electron chi connectivity index (χ1n) is 5.06. The van der Waals surface area contributed by atoms with Gasteiger partial charge in [0, 0.05) is 13.2 Å². The molecule has 0 aromatic carbocycles. The summed E-state index contributed by atoms with van der Waals surface area (Å²) >= 11 is 0. The van der Waals surface area contributed by atoms with Crippen LogP contribution in [0.1, 0.15) is 26.7 Å². The number of aliphatic carboxylic acids is 1. The number of rotatable bonds is 4. The predicted octanol–water partition coefficient (Wildman–Crippen LogP) is 0.392. The van der Waals surface area contributed by atoms with Crippen LogP contribution in [-0.4, -0.2) is 36.2 Å². The Morgan fingerprint density at radius 1 is 1.53 bits per heavy atom. The summed E-state index contributed by atoms with van der Waals surface area (Å²) in [5.41, 5.74) is -0.936. The van der Waals surface area contributed by atoms with E-state index in [1.165, 1.54) is 0 Å². The van der Waals surface area contributed by atoms with Gasteiger partial charge in [-0.15, -0.1) is 0 Å². The largest absolute Gasteiger partial charge is 0.481 e. The van der Waals surface area contributed by atoms with E-state index in [4.69, 9.17) is 9.84 Å². The van der Waals surface area contributed by atoms with E-state index < -0.39 is 17.5 Å². The van der Waals surface area contributed by atoms with Crippen LogP contribution in [0.2, 0.25) is 0 Å². The van der Waals surface area contributed by atoms with E-state index in [2.05, 4.69) is 5.32 Å². The number of carboxylic acid groups (broad SMARTS) is 1. The first-order chi connectivity index (χ1) is 6.93. The van der Waals surface area contributed by atoms with Crippen molar-refractivity contribution in [3.8, 4) is 0 Å². The second kappa shape index (κ2) is 4.61. The maximum Gasteiger partial charge on any atom is 0.310 e. The van der Waals surface area contributed by atoms with Crippen molar-refractivity contribution in [3.63, 3.8) is 0 Å². The molecule has 1 amide bonds. The highest BCUT2D eigenvalue weighted by molar-refractivity contribution is 5.82. The van der Waals surface area contributed by atoms with Gasteiger partial charge in [0.1, 0.15) is 6.10 Å². The van der Waals surface area contributed by atoms with Crippen LogP contribution in [0.15, 0.2) is 0 Å². The van der Waals surface area contributed by atoms with E-state index in [0.717, 1.165) is 12.8 Å².